The Morgan fingerprint density at radius 1 is 0.895 bits per heavy atom. The van der Waals surface area contributed by atoms with Gasteiger partial charge in [0.1, 0.15) is 23.9 Å². The van der Waals surface area contributed by atoms with Crippen molar-refractivity contribution in [3.8, 4) is 5.75 Å². The standard InChI is InChI=1S/C28H35NO8S/c1-16-6-9-21(15-22(16)14-20-7-10-23(11-8-20)33-13-12-29)24-25(34-17(2)30)26(35-18(3)31)27(36-19(4)32)28(37-24)38-5/h6-11,15,24-28H,12-14,29H2,1-5H3/t24-,25-,26-,27?,28+/m0/s1. The number of hydrogen-bond donors (Lipinski definition) is 1. The van der Waals surface area contributed by atoms with Crippen molar-refractivity contribution in [3.63, 3.8) is 0 Å². The summed E-state index contributed by atoms with van der Waals surface area (Å²) in [6.07, 6.45) is -1.36. The molecule has 0 amide bonds. The highest BCUT2D eigenvalue weighted by Crippen LogP contribution is 2.40. The number of aryl methyl sites for hydroxylation is 1. The van der Waals surface area contributed by atoms with E-state index in [2.05, 4.69) is 0 Å². The first-order valence-corrected chi connectivity index (χ1v) is 13.6. The van der Waals surface area contributed by atoms with E-state index in [9.17, 15) is 14.4 Å². The number of benzene rings is 2. The Kier molecular flexibility index (Phi) is 10.6. The molecule has 9 nitrogen and oxygen atoms in total. The molecule has 1 fully saturated rings. The number of esters is 3. The van der Waals surface area contributed by atoms with Crippen LogP contribution in [0, 0.1) is 6.92 Å². The second-order valence-corrected chi connectivity index (χ2v) is 9.96. The highest BCUT2D eigenvalue weighted by Gasteiger charge is 2.52. The maximum Gasteiger partial charge on any atom is 0.303 e. The number of carbonyl (C=O) groups is 3. The molecule has 0 spiro atoms. The Morgan fingerprint density at radius 3 is 2.08 bits per heavy atom. The van der Waals surface area contributed by atoms with Crippen LogP contribution in [0.25, 0.3) is 0 Å². The molecule has 0 radical (unpaired) electrons. The lowest BCUT2D eigenvalue weighted by Crippen LogP contribution is -2.57. The van der Waals surface area contributed by atoms with Gasteiger partial charge in [0.15, 0.2) is 18.3 Å². The van der Waals surface area contributed by atoms with E-state index >= 15 is 0 Å². The summed E-state index contributed by atoms with van der Waals surface area (Å²) in [4.78, 5) is 36.0. The minimum absolute atomic E-state index is 0.447. The average molecular weight is 546 g/mol. The monoisotopic (exact) mass is 545 g/mol. The van der Waals surface area contributed by atoms with Gasteiger partial charge in [-0.3, -0.25) is 14.4 Å². The molecular weight excluding hydrogens is 510 g/mol. The van der Waals surface area contributed by atoms with Crippen molar-refractivity contribution in [2.75, 3.05) is 19.4 Å². The second kappa shape index (κ2) is 13.6. The van der Waals surface area contributed by atoms with Crippen molar-refractivity contribution < 1.29 is 38.1 Å². The SMILES string of the molecule is CS[C@H]1O[C@@H](c2ccc(C)c(Cc3ccc(OCCN)cc3)c2)[C@H](OC(C)=O)[C@H](OC(C)=O)C1OC(C)=O. The third-order valence-corrected chi connectivity index (χ3v) is 6.88. The molecule has 10 heteroatoms. The van der Waals surface area contributed by atoms with Crippen molar-refractivity contribution >= 4 is 29.7 Å². The van der Waals surface area contributed by atoms with Gasteiger partial charge < -0.3 is 29.4 Å². The smallest absolute Gasteiger partial charge is 0.303 e. The van der Waals surface area contributed by atoms with Gasteiger partial charge in [-0.1, -0.05) is 30.3 Å². The number of ether oxygens (including phenoxy) is 5. The molecule has 2 aromatic carbocycles. The lowest BCUT2D eigenvalue weighted by Gasteiger charge is -2.44. The molecule has 206 valence electrons. The fourth-order valence-electron chi connectivity index (χ4n) is 4.39. The lowest BCUT2D eigenvalue weighted by atomic mass is 9.90. The van der Waals surface area contributed by atoms with Gasteiger partial charge in [-0.25, -0.2) is 0 Å². The molecule has 2 aromatic rings. The quantitative estimate of drug-likeness (QED) is 0.351. The minimum atomic E-state index is -1.05. The zero-order valence-corrected chi connectivity index (χ0v) is 23.1. The zero-order valence-electron chi connectivity index (χ0n) is 22.3. The summed E-state index contributed by atoms with van der Waals surface area (Å²) in [7, 11) is 0. The number of carbonyl (C=O) groups excluding carboxylic acids is 3. The van der Waals surface area contributed by atoms with Gasteiger partial charge in [-0.15, -0.1) is 11.8 Å². The number of thioether (sulfide) groups is 1. The van der Waals surface area contributed by atoms with Crippen molar-refractivity contribution in [1.82, 2.24) is 0 Å². The Hall–Kier alpha value is -3.08. The molecule has 5 atom stereocenters. The van der Waals surface area contributed by atoms with Crippen LogP contribution in [0.4, 0.5) is 0 Å². The average Bonchev–Trinajstić information content (AvgIpc) is 2.86. The number of hydrogen-bond acceptors (Lipinski definition) is 10. The van der Waals surface area contributed by atoms with Crippen molar-refractivity contribution in [3.05, 3.63) is 64.7 Å². The van der Waals surface area contributed by atoms with Gasteiger partial charge in [0.25, 0.3) is 0 Å². The maximum atomic E-state index is 12.1. The van der Waals surface area contributed by atoms with Gasteiger partial charge in [-0.05, 0) is 54.0 Å². The summed E-state index contributed by atoms with van der Waals surface area (Å²) in [5.41, 5.74) is 8.80. The van der Waals surface area contributed by atoms with Crippen LogP contribution in [-0.2, 0) is 39.8 Å². The number of nitrogens with two attached hydrogens (primary N) is 1. The lowest BCUT2D eigenvalue weighted by molar-refractivity contribution is -0.233. The van der Waals surface area contributed by atoms with Crippen LogP contribution in [-0.4, -0.2) is 61.1 Å². The molecule has 1 aliphatic rings. The number of rotatable bonds is 10. The van der Waals surface area contributed by atoms with Gasteiger partial charge in [-0.2, -0.15) is 0 Å². The Morgan fingerprint density at radius 2 is 1.50 bits per heavy atom. The highest BCUT2D eigenvalue weighted by atomic mass is 32.2. The summed E-state index contributed by atoms with van der Waals surface area (Å²) in [6, 6.07) is 13.7. The van der Waals surface area contributed by atoms with Gasteiger partial charge in [0.2, 0.25) is 0 Å². The first kappa shape index (κ1) is 29.5. The molecule has 0 saturated carbocycles. The predicted molar refractivity (Wildman–Crippen MR) is 143 cm³/mol. The van der Waals surface area contributed by atoms with E-state index in [0.717, 1.165) is 28.0 Å². The van der Waals surface area contributed by atoms with E-state index < -0.39 is 47.8 Å². The first-order valence-electron chi connectivity index (χ1n) is 12.3. The van der Waals surface area contributed by atoms with E-state index in [4.69, 9.17) is 29.4 Å². The molecule has 0 aliphatic carbocycles. The van der Waals surface area contributed by atoms with Crippen LogP contribution in [0.2, 0.25) is 0 Å². The van der Waals surface area contributed by atoms with E-state index in [0.29, 0.717) is 19.6 Å². The van der Waals surface area contributed by atoms with Crippen LogP contribution in [0.3, 0.4) is 0 Å². The molecule has 0 bridgehead atoms. The van der Waals surface area contributed by atoms with E-state index in [1.165, 1.54) is 32.5 Å². The van der Waals surface area contributed by atoms with Crippen molar-refractivity contribution in [2.24, 2.45) is 5.73 Å². The summed E-state index contributed by atoms with van der Waals surface area (Å²) in [6.45, 7) is 6.71. The van der Waals surface area contributed by atoms with E-state index in [1.54, 1.807) is 6.26 Å². The topological polar surface area (TPSA) is 123 Å². The molecule has 1 unspecified atom stereocenters. The summed E-state index contributed by atoms with van der Waals surface area (Å²) < 4.78 is 28.6. The molecule has 1 heterocycles. The fourth-order valence-corrected chi connectivity index (χ4v) is 5.10. The summed E-state index contributed by atoms with van der Waals surface area (Å²) in [5, 5.41) is 0. The first-order chi connectivity index (χ1) is 18.1. The highest BCUT2D eigenvalue weighted by molar-refractivity contribution is 7.99. The molecule has 1 saturated heterocycles. The third-order valence-electron chi connectivity index (χ3n) is 6.04. The minimum Gasteiger partial charge on any atom is -0.492 e. The maximum absolute atomic E-state index is 12.1. The van der Waals surface area contributed by atoms with Crippen LogP contribution >= 0.6 is 11.8 Å². The fraction of sp³-hybridized carbons (Fsp3) is 0.464. The zero-order chi connectivity index (χ0) is 27.8. The van der Waals surface area contributed by atoms with Gasteiger partial charge in [0, 0.05) is 27.3 Å². The predicted octanol–water partition coefficient (Wildman–Crippen LogP) is 3.48. The van der Waals surface area contributed by atoms with Crippen molar-refractivity contribution in [2.45, 2.75) is 64.0 Å². The molecule has 1 aliphatic heterocycles. The summed E-state index contributed by atoms with van der Waals surface area (Å²) in [5.74, 6) is -0.971. The molecule has 38 heavy (non-hydrogen) atoms. The molecule has 3 rings (SSSR count). The summed E-state index contributed by atoms with van der Waals surface area (Å²) >= 11 is 1.31. The van der Waals surface area contributed by atoms with E-state index in [-0.39, 0.29) is 0 Å². The van der Waals surface area contributed by atoms with Crippen molar-refractivity contribution in [1.29, 1.82) is 0 Å². The van der Waals surface area contributed by atoms with Crippen LogP contribution in [0.1, 0.15) is 49.1 Å². The Bertz CT molecular complexity index is 1120. The second-order valence-electron chi connectivity index (χ2n) is 9.03. The van der Waals surface area contributed by atoms with E-state index in [1.807, 2.05) is 49.4 Å². The van der Waals surface area contributed by atoms with Crippen LogP contribution < -0.4 is 10.5 Å². The van der Waals surface area contributed by atoms with Crippen LogP contribution in [0.5, 0.6) is 5.75 Å². The van der Waals surface area contributed by atoms with Gasteiger partial charge >= 0.3 is 17.9 Å². The molecular formula is C28H35NO8S. The Balaban J connectivity index is 1.96. The molecule has 2 N–H and O–H groups in total. The van der Waals surface area contributed by atoms with Gasteiger partial charge in [0.05, 0.1) is 0 Å². The normalized spacial score (nSPS) is 22.8. The third kappa shape index (κ3) is 7.72. The van der Waals surface area contributed by atoms with Crippen LogP contribution in [0.15, 0.2) is 42.5 Å². The molecule has 0 aromatic heterocycles. The Labute approximate surface area is 227 Å². The largest absolute Gasteiger partial charge is 0.492 e.